The van der Waals surface area contributed by atoms with E-state index >= 15 is 0 Å². The standard InChI is InChI=1S/C28H32N6O2/c1-33-10-12-34(13-11-33)21-2-5-26(30-17-21)32-24-4-3-22(23-18-31-28(35)27(23)24)20-6-9-29-25(16-20)19-7-14-36-15-8-19/h2-6,9,16-17,19H,7-8,10-15,18H2,1H3,(H,30,32)(H,31,35). The van der Waals surface area contributed by atoms with Crippen molar-refractivity contribution in [1.82, 2.24) is 20.2 Å². The van der Waals surface area contributed by atoms with E-state index in [1.165, 1.54) is 0 Å². The summed E-state index contributed by atoms with van der Waals surface area (Å²) in [5.41, 5.74) is 6.90. The number of amides is 1. The first-order chi connectivity index (χ1) is 17.7. The molecule has 0 unspecified atom stereocenters. The Bertz CT molecular complexity index is 1250. The van der Waals surface area contributed by atoms with Crippen molar-refractivity contribution in [3.05, 3.63) is 65.6 Å². The Morgan fingerprint density at radius 3 is 2.64 bits per heavy atom. The van der Waals surface area contributed by atoms with Crippen LogP contribution in [-0.4, -0.2) is 67.2 Å². The minimum Gasteiger partial charge on any atom is -0.381 e. The number of ether oxygens (including phenoxy) is 1. The van der Waals surface area contributed by atoms with Crippen LogP contribution in [0.5, 0.6) is 0 Å². The molecule has 1 amide bonds. The highest BCUT2D eigenvalue weighted by molar-refractivity contribution is 6.06. The van der Waals surface area contributed by atoms with Gasteiger partial charge in [0.1, 0.15) is 5.82 Å². The lowest BCUT2D eigenvalue weighted by molar-refractivity contribution is 0.0845. The number of likely N-dealkylation sites (N-methyl/N-ethyl adjacent to an activating group) is 1. The van der Waals surface area contributed by atoms with Crippen LogP contribution >= 0.6 is 0 Å². The average Bonchev–Trinajstić information content (AvgIpc) is 3.32. The minimum atomic E-state index is -0.0536. The third-order valence-corrected chi connectivity index (χ3v) is 7.58. The molecular weight excluding hydrogens is 452 g/mol. The highest BCUT2D eigenvalue weighted by Gasteiger charge is 2.27. The number of rotatable bonds is 5. The van der Waals surface area contributed by atoms with E-state index in [1.54, 1.807) is 0 Å². The summed E-state index contributed by atoms with van der Waals surface area (Å²) in [5.74, 6) is 1.10. The van der Waals surface area contributed by atoms with Gasteiger partial charge in [-0.15, -0.1) is 0 Å². The average molecular weight is 485 g/mol. The molecule has 2 N–H and O–H groups in total. The SMILES string of the molecule is CN1CCN(c2ccc(Nc3ccc(-c4ccnc(C5CCOCC5)c4)c4c3C(=O)NC4)nc2)CC1. The summed E-state index contributed by atoms with van der Waals surface area (Å²) in [4.78, 5) is 26.9. The summed E-state index contributed by atoms with van der Waals surface area (Å²) in [7, 11) is 2.16. The molecule has 6 rings (SSSR count). The largest absolute Gasteiger partial charge is 0.381 e. The van der Waals surface area contributed by atoms with Gasteiger partial charge in [-0.25, -0.2) is 4.98 Å². The van der Waals surface area contributed by atoms with Crippen LogP contribution in [0.1, 0.15) is 40.4 Å². The fourth-order valence-corrected chi connectivity index (χ4v) is 5.40. The summed E-state index contributed by atoms with van der Waals surface area (Å²) in [6.07, 6.45) is 5.79. The van der Waals surface area contributed by atoms with E-state index in [0.717, 1.165) is 91.8 Å². The molecule has 0 bridgehead atoms. The number of aromatic nitrogens is 2. The molecule has 0 aliphatic carbocycles. The van der Waals surface area contributed by atoms with Gasteiger partial charge in [0.2, 0.25) is 0 Å². The van der Waals surface area contributed by atoms with Gasteiger partial charge in [-0.1, -0.05) is 6.07 Å². The quantitative estimate of drug-likeness (QED) is 0.570. The predicted octanol–water partition coefficient (Wildman–Crippen LogP) is 3.78. The lowest BCUT2D eigenvalue weighted by Gasteiger charge is -2.33. The maximum atomic E-state index is 12.9. The van der Waals surface area contributed by atoms with Gasteiger partial charge in [0.25, 0.3) is 5.91 Å². The highest BCUT2D eigenvalue weighted by atomic mass is 16.5. The van der Waals surface area contributed by atoms with Gasteiger partial charge in [0.15, 0.2) is 0 Å². The van der Waals surface area contributed by atoms with Crippen LogP contribution in [-0.2, 0) is 11.3 Å². The van der Waals surface area contributed by atoms with Gasteiger partial charge in [0, 0.05) is 63.7 Å². The lowest BCUT2D eigenvalue weighted by atomic mass is 9.91. The van der Waals surface area contributed by atoms with Crippen molar-refractivity contribution in [2.24, 2.45) is 0 Å². The first-order valence-corrected chi connectivity index (χ1v) is 12.8. The third-order valence-electron chi connectivity index (χ3n) is 7.58. The normalized spacial score (nSPS) is 18.7. The number of anilines is 3. The van der Waals surface area contributed by atoms with Crippen molar-refractivity contribution in [2.45, 2.75) is 25.3 Å². The Hall–Kier alpha value is -3.49. The number of fused-ring (bicyclic) bond motifs is 1. The molecule has 5 heterocycles. The first-order valence-electron chi connectivity index (χ1n) is 12.8. The highest BCUT2D eigenvalue weighted by Crippen LogP contribution is 2.36. The van der Waals surface area contributed by atoms with E-state index in [1.807, 2.05) is 30.6 Å². The van der Waals surface area contributed by atoms with E-state index in [4.69, 9.17) is 4.74 Å². The number of nitrogens with zero attached hydrogens (tertiary/aromatic N) is 4. The Balaban J connectivity index is 1.25. The van der Waals surface area contributed by atoms with Crippen LogP contribution in [0.3, 0.4) is 0 Å². The molecule has 0 saturated carbocycles. The minimum absolute atomic E-state index is 0.0536. The molecule has 2 fully saturated rings. The molecule has 3 aliphatic rings. The third kappa shape index (κ3) is 4.54. The molecule has 0 atom stereocenters. The van der Waals surface area contributed by atoms with E-state index in [0.29, 0.717) is 18.0 Å². The Labute approximate surface area is 211 Å². The van der Waals surface area contributed by atoms with Gasteiger partial charge in [-0.2, -0.15) is 0 Å². The Morgan fingerprint density at radius 1 is 1.03 bits per heavy atom. The number of pyridine rings is 2. The monoisotopic (exact) mass is 484 g/mol. The molecule has 3 aromatic rings. The molecular formula is C28H32N6O2. The number of hydrogen-bond donors (Lipinski definition) is 2. The van der Waals surface area contributed by atoms with Gasteiger partial charge >= 0.3 is 0 Å². The van der Waals surface area contributed by atoms with Crippen molar-refractivity contribution >= 4 is 23.1 Å². The fourth-order valence-electron chi connectivity index (χ4n) is 5.40. The number of hydrogen-bond acceptors (Lipinski definition) is 7. The summed E-state index contributed by atoms with van der Waals surface area (Å²) in [5, 5.41) is 6.40. The molecule has 8 nitrogen and oxygen atoms in total. The second-order valence-corrected chi connectivity index (χ2v) is 9.87. The number of benzene rings is 1. The van der Waals surface area contributed by atoms with Crippen LogP contribution in [0.4, 0.5) is 17.2 Å². The Kier molecular flexibility index (Phi) is 6.29. The number of carbonyl (C=O) groups is 1. The van der Waals surface area contributed by atoms with Crippen molar-refractivity contribution in [3.63, 3.8) is 0 Å². The Morgan fingerprint density at radius 2 is 1.86 bits per heavy atom. The summed E-state index contributed by atoms with van der Waals surface area (Å²) >= 11 is 0. The molecule has 3 aliphatic heterocycles. The van der Waals surface area contributed by atoms with Gasteiger partial charge in [-0.05, 0) is 66.9 Å². The number of carbonyl (C=O) groups excluding carboxylic acids is 1. The van der Waals surface area contributed by atoms with Crippen molar-refractivity contribution in [3.8, 4) is 11.1 Å². The second kappa shape index (κ2) is 9.87. The predicted molar refractivity (Wildman–Crippen MR) is 141 cm³/mol. The van der Waals surface area contributed by atoms with Crippen LogP contribution in [0.25, 0.3) is 11.1 Å². The lowest BCUT2D eigenvalue weighted by Crippen LogP contribution is -2.44. The van der Waals surface area contributed by atoms with Crippen molar-refractivity contribution < 1.29 is 9.53 Å². The van der Waals surface area contributed by atoms with E-state index in [9.17, 15) is 4.79 Å². The molecule has 0 spiro atoms. The van der Waals surface area contributed by atoms with Gasteiger partial charge in [0.05, 0.1) is 23.1 Å². The molecule has 186 valence electrons. The number of nitrogens with one attached hydrogen (secondary N) is 2. The zero-order valence-corrected chi connectivity index (χ0v) is 20.7. The molecule has 36 heavy (non-hydrogen) atoms. The fraction of sp³-hybridized carbons (Fsp3) is 0.393. The van der Waals surface area contributed by atoms with E-state index < -0.39 is 0 Å². The van der Waals surface area contributed by atoms with Gasteiger partial charge in [-0.3, -0.25) is 9.78 Å². The maximum Gasteiger partial charge on any atom is 0.254 e. The van der Waals surface area contributed by atoms with Crippen molar-refractivity contribution in [1.29, 1.82) is 0 Å². The van der Waals surface area contributed by atoms with Crippen LogP contribution in [0.15, 0.2) is 48.8 Å². The zero-order valence-electron chi connectivity index (χ0n) is 20.7. The summed E-state index contributed by atoms with van der Waals surface area (Å²) < 4.78 is 5.52. The first kappa shape index (κ1) is 22.9. The number of piperazine rings is 1. The van der Waals surface area contributed by atoms with Crippen LogP contribution in [0.2, 0.25) is 0 Å². The molecule has 2 aromatic heterocycles. The summed E-state index contributed by atoms with van der Waals surface area (Å²) in [6, 6.07) is 12.4. The van der Waals surface area contributed by atoms with Crippen LogP contribution in [0, 0.1) is 0 Å². The molecule has 2 saturated heterocycles. The van der Waals surface area contributed by atoms with Gasteiger partial charge < -0.3 is 25.2 Å². The van der Waals surface area contributed by atoms with E-state index in [2.05, 4.69) is 55.6 Å². The maximum absolute atomic E-state index is 12.9. The second-order valence-electron chi connectivity index (χ2n) is 9.87. The molecule has 1 aromatic carbocycles. The molecule has 8 heteroatoms. The van der Waals surface area contributed by atoms with E-state index in [-0.39, 0.29) is 5.91 Å². The van der Waals surface area contributed by atoms with Crippen LogP contribution < -0.4 is 15.5 Å². The molecule has 0 radical (unpaired) electrons. The zero-order chi connectivity index (χ0) is 24.5. The van der Waals surface area contributed by atoms with Crippen molar-refractivity contribution in [2.75, 3.05) is 56.7 Å². The summed E-state index contributed by atoms with van der Waals surface area (Å²) in [6.45, 7) is 6.22. The topological polar surface area (TPSA) is 82.6 Å². The smallest absolute Gasteiger partial charge is 0.254 e.